The van der Waals surface area contributed by atoms with Crippen LogP contribution in [0.1, 0.15) is 46.5 Å². The number of Topliss-reactive ketones (excluding diaryl/α,β-unsaturated/α-hetero) is 1. The van der Waals surface area contributed by atoms with Gasteiger partial charge in [0.2, 0.25) is 0 Å². The van der Waals surface area contributed by atoms with E-state index in [4.69, 9.17) is 4.74 Å². The molecule has 0 aromatic rings. The number of rotatable bonds is 2. The van der Waals surface area contributed by atoms with Gasteiger partial charge in [-0.15, -0.1) is 0 Å². The topological polar surface area (TPSA) is 52.6 Å². The molecule has 0 aromatic carbocycles. The number of ketones is 1. The third-order valence-corrected chi connectivity index (χ3v) is 3.34. The zero-order valence-electron chi connectivity index (χ0n) is 12.3. The molecule has 2 atom stereocenters. The van der Waals surface area contributed by atoms with Crippen LogP contribution in [-0.2, 0) is 14.3 Å². The van der Waals surface area contributed by atoms with Crippen molar-refractivity contribution in [2.24, 2.45) is 11.3 Å². The summed E-state index contributed by atoms with van der Waals surface area (Å²) in [5.41, 5.74) is -0.292. The van der Waals surface area contributed by atoms with Gasteiger partial charge in [-0.3, -0.25) is 4.79 Å². The maximum Gasteiger partial charge on any atom is 0.508 e. The molecule has 108 valence electrons. The van der Waals surface area contributed by atoms with E-state index >= 15 is 0 Å². The summed E-state index contributed by atoms with van der Waals surface area (Å²) in [5, 5.41) is 0. The molecule has 0 spiro atoms. The second-order valence-electron chi connectivity index (χ2n) is 6.02. The van der Waals surface area contributed by atoms with Crippen molar-refractivity contribution in [3.05, 3.63) is 12.2 Å². The lowest BCUT2D eigenvalue weighted by molar-refractivity contribution is -0.130. The molecule has 0 saturated carbocycles. The lowest BCUT2D eigenvalue weighted by Gasteiger charge is -2.25. The highest BCUT2D eigenvalue weighted by molar-refractivity contribution is 5.86. The van der Waals surface area contributed by atoms with Crippen molar-refractivity contribution < 1.29 is 19.1 Å². The van der Waals surface area contributed by atoms with E-state index in [1.807, 2.05) is 32.9 Å². The molecule has 19 heavy (non-hydrogen) atoms. The molecular weight excluding hydrogens is 244 g/mol. The van der Waals surface area contributed by atoms with E-state index in [1.165, 1.54) is 7.11 Å². The third-order valence-electron chi connectivity index (χ3n) is 3.34. The predicted octanol–water partition coefficient (Wildman–Crippen LogP) is 3.50. The minimum atomic E-state index is -0.655. The lowest BCUT2D eigenvalue weighted by atomic mass is 9.78. The van der Waals surface area contributed by atoms with Gasteiger partial charge in [0.15, 0.2) is 0 Å². The minimum Gasteiger partial charge on any atom is -0.438 e. The second-order valence-corrected chi connectivity index (χ2v) is 6.02. The van der Waals surface area contributed by atoms with Crippen LogP contribution in [0.3, 0.4) is 0 Å². The lowest BCUT2D eigenvalue weighted by Crippen LogP contribution is -2.29. The van der Waals surface area contributed by atoms with E-state index in [-0.39, 0.29) is 17.4 Å². The van der Waals surface area contributed by atoms with Crippen LogP contribution in [0.2, 0.25) is 0 Å². The number of ether oxygens (including phenoxy) is 2. The van der Waals surface area contributed by atoms with Crippen molar-refractivity contribution in [3.8, 4) is 0 Å². The van der Waals surface area contributed by atoms with Gasteiger partial charge in [-0.1, -0.05) is 26.8 Å². The van der Waals surface area contributed by atoms with E-state index in [0.29, 0.717) is 5.78 Å². The van der Waals surface area contributed by atoms with Gasteiger partial charge in [-0.05, 0) is 31.8 Å². The summed E-state index contributed by atoms with van der Waals surface area (Å²) in [5.74, 6) is 0.389. The van der Waals surface area contributed by atoms with Crippen LogP contribution in [0.25, 0.3) is 0 Å². The molecular formula is C15H24O4. The molecule has 0 fully saturated rings. The Morgan fingerprint density at radius 2 is 1.89 bits per heavy atom. The Bertz CT molecular complexity index is 352. The Balaban J connectivity index is 2.59. The summed E-state index contributed by atoms with van der Waals surface area (Å²) in [6, 6.07) is 0. The standard InChI is InChI=1S/C15H24O4/c1-15(2,3)13(16)11-7-5-9-12(10-6-8-11)19-14(17)18-4/h5,9,11-12H,6-8,10H2,1-4H3/b9-5+. The van der Waals surface area contributed by atoms with Gasteiger partial charge in [-0.2, -0.15) is 0 Å². The number of hydrogen-bond donors (Lipinski definition) is 0. The number of methoxy groups -OCH3 is 1. The van der Waals surface area contributed by atoms with Gasteiger partial charge in [0.1, 0.15) is 11.9 Å². The van der Waals surface area contributed by atoms with E-state index in [1.54, 1.807) is 0 Å². The first-order valence-corrected chi connectivity index (χ1v) is 6.80. The largest absolute Gasteiger partial charge is 0.508 e. The molecule has 1 aliphatic rings. The fourth-order valence-electron chi connectivity index (χ4n) is 2.29. The number of carbonyl (C=O) groups is 2. The molecule has 2 unspecified atom stereocenters. The van der Waals surface area contributed by atoms with E-state index in [2.05, 4.69) is 4.74 Å². The molecule has 0 amide bonds. The Labute approximate surface area is 115 Å². The first-order valence-electron chi connectivity index (χ1n) is 6.80. The van der Waals surface area contributed by atoms with Crippen LogP contribution in [0.15, 0.2) is 12.2 Å². The van der Waals surface area contributed by atoms with Crippen molar-refractivity contribution in [1.29, 1.82) is 0 Å². The summed E-state index contributed by atoms with van der Waals surface area (Å²) >= 11 is 0. The molecule has 0 radical (unpaired) electrons. The van der Waals surface area contributed by atoms with Crippen molar-refractivity contribution >= 4 is 11.9 Å². The monoisotopic (exact) mass is 268 g/mol. The maximum absolute atomic E-state index is 12.3. The Morgan fingerprint density at radius 1 is 1.21 bits per heavy atom. The summed E-state index contributed by atoms with van der Waals surface area (Å²) in [6.45, 7) is 5.88. The van der Waals surface area contributed by atoms with Gasteiger partial charge in [0.05, 0.1) is 7.11 Å². The quantitative estimate of drug-likeness (QED) is 0.568. The Morgan fingerprint density at radius 3 is 2.47 bits per heavy atom. The molecule has 1 rings (SSSR count). The first kappa shape index (κ1) is 15.7. The van der Waals surface area contributed by atoms with E-state index in [9.17, 15) is 9.59 Å². The molecule has 0 saturated heterocycles. The van der Waals surface area contributed by atoms with Crippen LogP contribution < -0.4 is 0 Å². The van der Waals surface area contributed by atoms with Crippen LogP contribution in [-0.4, -0.2) is 25.2 Å². The average molecular weight is 268 g/mol. The predicted molar refractivity (Wildman–Crippen MR) is 72.8 cm³/mol. The first-order chi connectivity index (χ1) is 8.84. The minimum absolute atomic E-state index is 0.0790. The fraction of sp³-hybridized carbons (Fsp3) is 0.733. The van der Waals surface area contributed by atoms with Gasteiger partial charge in [0, 0.05) is 11.3 Å². The second kappa shape index (κ2) is 6.73. The molecule has 0 heterocycles. The van der Waals surface area contributed by atoms with Crippen molar-refractivity contribution in [1.82, 2.24) is 0 Å². The Hall–Kier alpha value is -1.32. The van der Waals surface area contributed by atoms with Crippen molar-refractivity contribution in [2.45, 2.75) is 52.6 Å². The fourth-order valence-corrected chi connectivity index (χ4v) is 2.29. The molecule has 4 heteroatoms. The SMILES string of the molecule is COC(=O)OC1/C=C/CC(C(=O)C(C)(C)C)CCC1. The zero-order chi connectivity index (χ0) is 14.5. The van der Waals surface area contributed by atoms with Crippen LogP contribution in [0, 0.1) is 11.3 Å². The molecule has 0 bridgehead atoms. The van der Waals surface area contributed by atoms with Crippen molar-refractivity contribution in [2.75, 3.05) is 7.11 Å². The normalized spacial score (nSPS) is 25.9. The summed E-state index contributed by atoms with van der Waals surface area (Å²) in [7, 11) is 1.30. The smallest absolute Gasteiger partial charge is 0.438 e. The summed E-state index contributed by atoms with van der Waals surface area (Å²) in [4.78, 5) is 23.3. The van der Waals surface area contributed by atoms with Gasteiger partial charge in [-0.25, -0.2) is 4.79 Å². The number of hydrogen-bond acceptors (Lipinski definition) is 4. The molecule has 1 aliphatic carbocycles. The highest BCUT2D eigenvalue weighted by Gasteiger charge is 2.29. The molecule has 0 aliphatic heterocycles. The molecule has 0 N–H and O–H groups in total. The van der Waals surface area contributed by atoms with Gasteiger partial charge in [0.25, 0.3) is 0 Å². The third kappa shape index (κ3) is 5.05. The maximum atomic E-state index is 12.3. The Kier molecular flexibility index (Phi) is 5.58. The average Bonchev–Trinajstić information content (AvgIpc) is 2.30. The number of allylic oxidation sites excluding steroid dienone is 1. The van der Waals surface area contributed by atoms with Crippen molar-refractivity contribution in [3.63, 3.8) is 0 Å². The van der Waals surface area contributed by atoms with Gasteiger partial charge < -0.3 is 9.47 Å². The summed E-state index contributed by atoms with van der Waals surface area (Å²) < 4.78 is 9.59. The van der Waals surface area contributed by atoms with Crippen LogP contribution in [0.4, 0.5) is 4.79 Å². The van der Waals surface area contributed by atoms with Gasteiger partial charge >= 0.3 is 6.16 Å². The van der Waals surface area contributed by atoms with E-state index < -0.39 is 6.16 Å². The number of carbonyl (C=O) groups excluding carboxylic acids is 2. The zero-order valence-corrected chi connectivity index (χ0v) is 12.3. The highest BCUT2D eigenvalue weighted by atomic mass is 16.7. The summed E-state index contributed by atoms with van der Waals surface area (Å²) in [6.07, 6.45) is 6.09. The molecule has 0 aromatic heterocycles. The highest BCUT2D eigenvalue weighted by Crippen LogP contribution is 2.28. The van der Waals surface area contributed by atoms with Crippen LogP contribution in [0.5, 0.6) is 0 Å². The molecule has 4 nitrogen and oxygen atoms in total. The van der Waals surface area contributed by atoms with E-state index in [0.717, 1.165) is 25.7 Å². The van der Waals surface area contributed by atoms with Crippen LogP contribution >= 0.6 is 0 Å².